The first-order valence-electron chi connectivity index (χ1n) is 6.80. The van der Waals surface area contributed by atoms with Crippen LogP contribution in [0.1, 0.15) is 10.4 Å². The SMILES string of the molecule is Nc1nccc(-c2ccc(-c3ccccc3)cc2)c1C(=O)O. The van der Waals surface area contributed by atoms with Crippen molar-refractivity contribution in [3.05, 3.63) is 72.4 Å². The number of pyridine rings is 1. The van der Waals surface area contributed by atoms with Crippen molar-refractivity contribution in [1.82, 2.24) is 4.98 Å². The van der Waals surface area contributed by atoms with Crippen LogP contribution in [0.15, 0.2) is 66.9 Å². The summed E-state index contributed by atoms with van der Waals surface area (Å²) < 4.78 is 0. The molecule has 0 spiro atoms. The number of hydrogen-bond acceptors (Lipinski definition) is 3. The Kier molecular flexibility index (Phi) is 3.58. The van der Waals surface area contributed by atoms with E-state index in [4.69, 9.17) is 5.73 Å². The molecule has 0 aliphatic carbocycles. The van der Waals surface area contributed by atoms with Crippen LogP contribution in [-0.2, 0) is 0 Å². The largest absolute Gasteiger partial charge is 0.478 e. The van der Waals surface area contributed by atoms with Gasteiger partial charge in [0.2, 0.25) is 0 Å². The summed E-state index contributed by atoms with van der Waals surface area (Å²) in [6.45, 7) is 0. The van der Waals surface area contributed by atoms with E-state index in [1.807, 2.05) is 54.6 Å². The average Bonchev–Trinajstić information content (AvgIpc) is 2.55. The predicted molar refractivity (Wildman–Crippen MR) is 86.5 cm³/mol. The highest BCUT2D eigenvalue weighted by Gasteiger charge is 2.16. The Morgan fingerprint density at radius 2 is 1.45 bits per heavy atom. The number of nitrogen functional groups attached to an aromatic ring is 1. The Morgan fingerprint density at radius 3 is 2.09 bits per heavy atom. The number of nitrogens with zero attached hydrogens (tertiary/aromatic N) is 1. The van der Waals surface area contributed by atoms with E-state index in [9.17, 15) is 9.90 Å². The van der Waals surface area contributed by atoms with Gasteiger partial charge in [-0.3, -0.25) is 0 Å². The van der Waals surface area contributed by atoms with Crippen molar-refractivity contribution in [1.29, 1.82) is 0 Å². The molecule has 3 rings (SSSR count). The van der Waals surface area contributed by atoms with Crippen LogP contribution in [-0.4, -0.2) is 16.1 Å². The van der Waals surface area contributed by atoms with Crippen LogP contribution in [0.2, 0.25) is 0 Å². The van der Waals surface area contributed by atoms with Gasteiger partial charge in [0, 0.05) is 11.8 Å². The molecule has 0 radical (unpaired) electrons. The zero-order valence-corrected chi connectivity index (χ0v) is 11.7. The molecule has 0 atom stereocenters. The number of aromatic nitrogens is 1. The number of hydrogen-bond donors (Lipinski definition) is 2. The third-order valence-corrected chi connectivity index (χ3v) is 3.50. The molecule has 4 nitrogen and oxygen atoms in total. The highest BCUT2D eigenvalue weighted by atomic mass is 16.4. The van der Waals surface area contributed by atoms with E-state index in [1.54, 1.807) is 6.07 Å². The fourth-order valence-electron chi connectivity index (χ4n) is 2.42. The van der Waals surface area contributed by atoms with Crippen molar-refractivity contribution in [2.75, 3.05) is 5.73 Å². The lowest BCUT2D eigenvalue weighted by atomic mass is 9.98. The molecule has 3 N–H and O–H groups in total. The molecule has 0 fully saturated rings. The molecule has 1 aromatic heterocycles. The predicted octanol–water partition coefficient (Wildman–Crippen LogP) is 3.70. The van der Waals surface area contributed by atoms with Gasteiger partial charge in [-0.25, -0.2) is 9.78 Å². The topological polar surface area (TPSA) is 76.2 Å². The van der Waals surface area contributed by atoms with Gasteiger partial charge < -0.3 is 10.8 Å². The van der Waals surface area contributed by atoms with Gasteiger partial charge in [-0.2, -0.15) is 0 Å². The van der Waals surface area contributed by atoms with Crippen LogP contribution < -0.4 is 5.73 Å². The molecule has 3 aromatic rings. The quantitative estimate of drug-likeness (QED) is 0.771. The van der Waals surface area contributed by atoms with Crippen molar-refractivity contribution in [3.63, 3.8) is 0 Å². The van der Waals surface area contributed by atoms with Crippen molar-refractivity contribution >= 4 is 11.8 Å². The lowest BCUT2D eigenvalue weighted by Gasteiger charge is -2.09. The number of nitrogens with two attached hydrogens (primary N) is 1. The first-order chi connectivity index (χ1) is 10.7. The summed E-state index contributed by atoms with van der Waals surface area (Å²) in [5, 5.41) is 9.32. The summed E-state index contributed by atoms with van der Waals surface area (Å²) in [5.41, 5.74) is 9.28. The van der Waals surface area contributed by atoms with E-state index in [2.05, 4.69) is 4.98 Å². The number of carboxylic acids is 1. The highest BCUT2D eigenvalue weighted by Crippen LogP contribution is 2.29. The molecule has 0 bridgehead atoms. The molecule has 0 saturated carbocycles. The lowest BCUT2D eigenvalue weighted by Crippen LogP contribution is -2.06. The Labute approximate surface area is 127 Å². The maximum atomic E-state index is 11.4. The second-order valence-corrected chi connectivity index (χ2v) is 4.87. The van der Waals surface area contributed by atoms with Gasteiger partial charge in [0.25, 0.3) is 0 Å². The Bertz CT molecular complexity index is 812. The minimum Gasteiger partial charge on any atom is -0.478 e. The smallest absolute Gasteiger partial charge is 0.340 e. The van der Waals surface area contributed by atoms with E-state index < -0.39 is 5.97 Å². The van der Waals surface area contributed by atoms with Gasteiger partial charge in [-0.1, -0.05) is 54.6 Å². The number of rotatable bonds is 3. The number of carboxylic acid groups (broad SMARTS) is 1. The van der Waals surface area contributed by atoms with E-state index in [1.165, 1.54) is 6.20 Å². The summed E-state index contributed by atoms with van der Waals surface area (Å²) in [5.74, 6) is -1.05. The Balaban J connectivity index is 2.04. The molecule has 1 heterocycles. The molecule has 4 heteroatoms. The monoisotopic (exact) mass is 290 g/mol. The van der Waals surface area contributed by atoms with E-state index >= 15 is 0 Å². The molecule has 2 aromatic carbocycles. The minimum absolute atomic E-state index is 0.0251. The van der Waals surface area contributed by atoms with Gasteiger partial charge >= 0.3 is 5.97 Å². The molecule has 22 heavy (non-hydrogen) atoms. The van der Waals surface area contributed by atoms with Gasteiger partial charge in [0.1, 0.15) is 11.4 Å². The molecular weight excluding hydrogens is 276 g/mol. The van der Waals surface area contributed by atoms with E-state index in [0.29, 0.717) is 5.56 Å². The van der Waals surface area contributed by atoms with Crippen LogP contribution in [0, 0.1) is 0 Å². The number of aromatic carboxylic acids is 1. The van der Waals surface area contributed by atoms with E-state index in [-0.39, 0.29) is 11.4 Å². The molecule has 0 aliphatic rings. The summed E-state index contributed by atoms with van der Waals surface area (Å²) in [7, 11) is 0. The first kappa shape index (κ1) is 13.8. The lowest BCUT2D eigenvalue weighted by molar-refractivity contribution is 0.0698. The van der Waals surface area contributed by atoms with Crippen molar-refractivity contribution < 1.29 is 9.90 Å². The Hall–Kier alpha value is -3.14. The van der Waals surface area contributed by atoms with Crippen molar-refractivity contribution in [2.24, 2.45) is 0 Å². The molecular formula is C18H14N2O2. The highest BCUT2D eigenvalue weighted by molar-refractivity contribution is 6.00. The standard InChI is InChI=1S/C18H14N2O2/c19-17-16(18(21)22)15(10-11-20-17)14-8-6-13(7-9-14)12-4-2-1-3-5-12/h1-11H,(H2,19,20)(H,21,22). The molecule has 0 unspecified atom stereocenters. The minimum atomic E-state index is -1.08. The van der Waals surface area contributed by atoms with Gasteiger partial charge in [-0.05, 0) is 22.8 Å². The van der Waals surface area contributed by atoms with Crippen LogP contribution in [0.25, 0.3) is 22.3 Å². The third-order valence-electron chi connectivity index (χ3n) is 3.50. The third kappa shape index (κ3) is 2.54. The van der Waals surface area contributed by atoms with Gasteiger partial charge in [0.15, 0.2) is 0 Å². The van der Waals surface area contributed by atoms with E-state index in [0.717, 1.165) is 16.7 Å². The van der Waals surface area contributed by atoms with Crippen molar-refractivity contribution in [2.45, 2.75) is 0 Å². The molecule has 0 saturated heterocycles. The first-order valence-corrected chi connectivity index (χ1v) is 6.80. The molecule has 0 amide bonds. The number of benzene rings is 2. The Morgan fingerprint density at radius 1 is 0.864 bits per heavy atom. The fraction of sp³-hybridized carbons (Fsp3) is 0. The fourth-order valence-corrected chi connectivity index (χ4v) is 2.42. The van der Waals surface area contributed by atoms with Gasteiger partial charge in [0.05, 0.1) is 0 Å². The van der Waals surface area contributed by atoms with Crippen LogP contribution in [0.3, 0.4) is 0 Å². The summed E-state index contributed by atoms with van der Waals surface area (Å²) in [4.78, 5) is 15.2. The van der Waals surface area contributed by atoms with Crippen molar-refractivity contribution in [3.8, 4) is 22.3 Å². The number of anilines is 1. The van der Waals surface area contributed by atoms with Gasteiger partial charge in [-0.15, -0.1) is 0 Å². The maximum absolute atomic E-state index is 11.4. The maximum Gasteiger partial charge on any atom is 0.340 e. The number of carbonyl (C=O) groups is 1. The summed E-state index contributed by atoms with van der Waals surface area (Å²) >= 11 is 0. The average molecular weight is 290 g/mol. The zero-order chi connectivity index (χ0) is 15.5. The zero-order valence-electron chi connectivity index (χ0n) is 11.7. The summed E-state index contributed by atoms with van der Waals surface area (Å²) in [6, 6.07) is 19.4. The molecule has 0 aliphatic heterocycles. The van der Waals surface area contributed by atoms with Crippen LogP contribution in [0.5, 0.6) is 0 Å². The summed E-state index contributed by atoms with van der Waals surface area (Å²) in [6.07, 6.45) is 1.52. The van der Waals surface area contributed by atoms with Crippen LogP contribution in [0.4, 0.5) is 5.82 Å². The normalized spacial score (nSPS) is 10.4. The second-order valence-electron chi connectivity index (χ2n) is 4.87. The second kappa shape index (κ2) is 5.69. The molecule has 108 valence electrons. The van der Waals surface area contributed by atoms with Crippen LogP contribution >= 0.6 is 0 Å².